The van der Waals surface area contributed by atoms with E-state index in [9.17, 15) is 0 Å². The van der Waals surface area contributed by atoms with Gasteiger partial charge in [-0.15, -0.1) is 0 Å². The Hall–Kier alpha value is -4.05. The average molecular weight is 368 g/mol. The second-order valence-electron chi connectivity index (χ2n) is 5.97. The summed E-state index contributed by atoms with van der Waals surface area (Å²) >= 11 is 0. The summed E-state index contributed by atoms with van der Waals surface area (Å²) in [6.45, 7) is 7.11. The van der Waals surface area contributed by atoms with Crippen LogP contribution in [0.4, 0.5) is 11.5 Å². The van der Waals surface area contributed by atoms with Gasteiger partial charge in [-0.3, -0.25) is 4.98 Å². The topological polar surface area (TPSA) is 77.2 Å². The van der Waals surface area contributed by atoms with Crippen molar-refractivity contribution in [2.24, 2.45) is 0 Å². The quantitative estimate of drug-likeness (QED) is 0.540. The molecule has 136 valence electrons. The highest BCUT2D eigenvalue weighted by atomic mass is 16.5. The number of hydrogen-bond acceptors (Lipinski definition) is 6. The summed E-state index contributed by atoms with van der Waals surface area (Å²) in [6.07, 6.45) is 4.84. The molecule has 0 atom stereocenters. The molecule has 0 saturated carbocycles. The van der Waals surface area contributed by atoms with E-state index in [0.717, 1.165) is 16.5 Å². The summed E-state index contributed by atoms with van der Waals surface area (Å²) in [5.74, 6) is 1.77. The molecule has 0 aliphatic heterocycles. The molecule has 4 rings (SSSR count). The Bertz CT molecular complexity index is 1180. The number of ether oxygens (including phenoxy) is 1. The lowest BCUT2D eigenvalue weighted by atomic mass is 10.0. The minimum absolute atomic E-state index is 0.470. The lowest BCUT2D eigenvalue weighted by molar-refractivity contribution is 0.419. The molecule has 0 unspecified atom stereocenters. The first kappa shape index (κ1) is 17.4. The number of fused-ring (bicyclic) bond motifs is 1. The molecule has 0 bridgehead atoms. The van der Waals surface area contributed by atoms with Gasteiger partial charge in [0, 0.05) is 24.8 Å². The van der Waals surface area contributed by atoms with Crippen molar-refractivity contribution in [3.63, 3.8) is 0 Å². The fourth-order valence-electron chi connectivity index (χ4n) is 2.97. The van der Waals surface area contributed by atoms with Crippen LogP contribution in [-0.4, -0.2) is 34.1 Å². The highest BCUT2D eigenvalue weighted by molar-refractivity contribution is 5.97. The normalized spacial score (nSPS) is 10.5. The van der Waals surface area contributed by atoms with Crippen LogP contribution in [0.2, 0.25) is 0 Å². The van der Waals surface area contributed by atoms with Gasteiger partial charge in [0.25, 0.3) is 0 Å². The Balaban J connectivity index is 1.94. The predicted octanol–water partition coefficient (Wildman–Crippen LogP) is 4.35. The number of nitrogens with one attached hydrogen (secondary N) is 1. The van der Waals surface area contributed by atoms with Crippen LogP contribution in [0.1, 0.15) is 0 Å². The van der Waals surface area contributed by atoms with E-state index in [-0.39, 0.29) is 0 Å². The number of aromatic nitrogens is 4. The van der Waals surface area contributed by atoms with Crippen LogP contribution in [0.25, 0.3) is 38.4 Å². The molecule has 28 heavy (non-hydrogen) atoms. The lowest BCUT2D eigenvalue weighted by Crippen LogP contribution is -2.01. The zero-order valence-corrected chi connectivity index (χ0v) is 15.3. The Kier molecular flexibility index (Phi) is 4.52. The molecule has 2 aromatic carbocycles. The standard InChI is InChI=1S/C21H16N6O/c1-22-15-6-4-13(5-7-15)14-10-16-19(18(11-14)28-3)26-21(27-20(16)23-2)17-12-24-8-9-25-17/h4-12H,2-3H3,(H,23,26,27). The summed E-state index contributed by atoms with van der Waals surface area (Å²) in [5, 5.41) is 3.97. The highest BCUT2D eigenvalue weighted by Crippen LogP contribution is 2.35. The number of anilines is 1. The Labute approximate surface area is 161 Å². The first-order chi connectivity index (χ1) is 13.7. The van der Waals surface area contributed by atoms with Gasteiger partial charge in [-0.05, 0) is 23.3 Å². The van der Waals surface area contributed by atoms with E-state index in [4.69, 9.17) is 11.3 Å². The molecule has 0 aliphatic rings. The van der Waals surface area contributed by atoms with Crippen LogP contribution in [0.5, 0.6) is 5.75 Å². The largest absolute Gasteiger partial charge is 0.494 e. The molecule has 1 N–H and O–H groups in total. The maximum atomic E-state index is 7.11. The van der Waals surface area contributed by atoms with Gasteiger partial charge in [0.2, 0.25) is 0 Å². The number of hydrogen-bond donors (Lipinski definition) is 1. The maximum Gasteiger partial charge on any atom is 0.187 e. The second kappa shape index (κ2) is 7.29. The smallest absolute Gasteiger partial charge is 0.187 e. The molecule has 7 heteroatoms. The van der Waals surface area contributed by atoms with Gasteiger partial charge in [-0.25, -0.2) is 19.8 Å². The van der Waals surface area contributed by atoms with Gasteiger partial charge >= 0.3 is 0 Å². The zero-order chi connectivity index (χ0) is 19.5. The minimum Gasteiger partial charge on any atom is -0.494 e. The van der Waals surface area contributed by atoms with E-state index >= 15 is 0 Å². The van der Waals surface area contributed by atoms with Gasteiger partial charge in [-0.1, -0.05) is 24.3 Å². The molecule has 0 fully saturated rings. The molecule has 2 aromatic heterocycles. The number of rotatable bonds is 4. The van der Waals surface area contributed by atoms with Crippen molar-refractivity contribution in [3.05, 3.63) is 66.4 Å². The van der Waals surface area contributed by atoms with E-state index < -0.39 is 0 Å². The average Bonchev–Trinajstić information content (AvgIpc) is 2.78. The molecule has 0 radical (unpaired) electrons. The lowest BCUT2D eigenvalue weighted by Gasteiger charge is -2.13. The predicted molar refractivity (Wildman–Crippen MR) is 108 cm³/mol. The van der Waals surface area contributed by atoms with Crippen LogP contribution in [0.15, 0.2) is 55.0 Å². The van der Waals surface area contributed by atoms with Crippen molar-refractivity contribution in [2.45, 2.75) is 0 Å². The van der Waals surface area contributed by atoms with E-state index in [1.54, 1.807) is 37.8 Å². The van der Waals surface area contributed by atoms with Crippen molar-refractivity contribution in [1.82, 2.24) is 19.9 Å². The van der Waals surface area contributed by atoms with Crippen molar-refractivity contribution in [2.75, 3.05) is 19.5 Å². The third kappa shape index (κ3) is 3.08. The Morgan fingerprint density at radius 1 is 1.04 bits per heavy atom. The highest BCUT2D eigenvalue weighted by Gasteiger charge is 2.15. The zero-order valence-electron chi connectivity index (χ0n) is 15.3. The molecular weight excluding hydrogens is 352 g/mol. The SMILES string of the molecule is [C-]#[N+]c1ccc(-c2cc(OC)c3nc(-c4cnccn4)nc(NC)c3c2)cc1. The Morgan fingerprint density at radius 2 is 1.86 bits per heavy atom. The van der Waals surface area contributed by atoms with Crippen molar-refractivity contribution in [1.29, 1.82) is 0 Å². The summed E-state index contributed by atoms with van der Waals surface area (Å²) in [6, 6.07) is 11.4. The van der Waals surface area contributed by atoms with Crippen LogP contribution in [0.3, 0.4) is 0 Å². The summed E-state index contributed by atoms with van der Waals surface area (Å²) in [7, 11) is 3.43. The number of methoxy groups -OCH3 is 1. The molecule has 0 amide bonds. The molecule has 0 aliphatic carbocycles. The van der Waals surface area contributed by atoms with E-state index in [1.807, 2.05) is 31.3 Å². The monoisotopic (exact) mass is 368 g/mol. The molecule has 7 nitrogen and oxygen atoms in total. The first-order valence-electron chi connectivity index (χ1n) is 8.55. The van der Waals surface area contributed by atoms with Crippen LogP contribution in [0, 0.1) is 6.57 Å². The number of benzene rings is 2. The minimum atomic E-state index is 0.470. The van der Waals surface area contributed by atoms with E-state index in [1.165, 1.54) is 0 Å². The molecular formula is C21H16N6O. The van der Waals surface area contributed by atoms with Gasteiger partial charge in [0.15, 0.2) is 11.5 Å². The van der Waals surface area contributed by atoms with Crippen LogP contribution >= 0.6 is 0 Å². The van der Waals surface area contributed by atoms with Gasteiger partial charge in [0.1, 0.15) is 22.8 Å². The summed E-state index contributed by atoms with van der Waals surface area (Å²) < 4.78 is 5.62. The molecule has 4 aromatic rings. The summed E-state index contributed by atoms with van der Waals surface area (Å²) in [4.78, 5) is 21.1. The molecule has 0 saturated heterocycles. The van der Waals surface area contributed by atoms with Crippen molar-refractivity contribution < 1.29 is 4.74 Å². The van der Waals surface area contributed by atoms with Crippen LogP contribution < -0.4 is 10.1 Å². The van der Waals surface area contributed by atoms with Gasteiger partial charge in [-0.2, -0.15) is 0 Å². The van der Waals surface area contributed by atoms with Crippen molar-refractivity contribution >= 4 is 22.4 Å². The Morgan fingerprint density at radius 3 is 2.50 bits per heavy atom. The molecule has 0 spiro atoms. The third-order valence-electron chi connectivity index (χ3n) is 4.34. The van der Waals surface area contributed by atoms with Crippen LogP contribution in [-0.2, 0) is 0 Å². The summed E-state index contributed by atoms with van der Waals surface area (Å²) in [5.41, 5.74) is 3.80. The second-order valence-corrected chi connectivity index (χ2v) is 5.97. The fourth-order valence-corrected chi connectivity index (χ4v) is 2.97. The maximum absolute atomic E-state index is 7.11. The molecule has 2 heterocycles. The number of nitrogens with zero attached hydrogens (tertiary/aromatic N) is 5. The van der Waals surface area contributed by atoms with Gasteiger partial charge in [0.05, 0.1) is 19.9 Å². The third-order valence-corrected chi connectivity index (χ3v) is 4.34. The van der Waals surface area contributed by atoms with Crippen molar-refractivity contribution in [3.8, 4) is 28.4 Å². The van der Waals surface area contributed by atoms with E-state index in [2.05, 4.69) is 30.1 Å². The first-order valence-corrected chi connectivity index (χ1v) is 8.55. The van der Waals surface area contributed by atoms with Gasteiger partial charge < -0.3 is 10.1 Å². The van der Waals surface area contributed by atoms with E-state index in [0.29, 0.717) is 34.3 Å². The fraction of sp³-hybridized carbons (Fsp3) is 0.0952.